The molecule has 0 bridgehead atoms. The molecule has 8 nitrogen and oxygen atoms in total. The molecule has 13 heteroatoms. The zero-order valence-electron chi connectivity index (χ0n) is 37.2. The molecule has 0 unspecified atom stereocenters. The minimum absolute atomic E-state index is 0.00917. The van der Waals surface area contributed by atoms with E-state index in [0.717, 1.165) is 37.8 Å². The third-order valence-corrected chi connectivity index (χ3v) is 19.4. The van der Waals surface area contributed by atoms with Gasteiger partial charge in [0.15, 0.2) is 0 Å². The zero-order chi connectivity index (χ0) is 46.0. The van der Waals surface area contributed by atoms with E-state index in [9.17, 15) is 9.59 Å². The maximum atomic E-state index is 18.2. The summed E-state index contributed by atoms with van der Waals surface area (Å²) in [5.74, 6) is -5.36. The third kappa shape index (κ3) is 11.9. The molecule has 0 spiro atoms. The summed E-state index contributed by atoms with van der Waals surface area (Å²) in [6.07, 6.45) is 14.6. The molecule has 2 amide bonds. The van der Waals surface area contributed by atoms with E-state index in [1.807, 2.05) is 0 Å². The van der Waals surface area contributed by atoms with Crippen LogP contribution in [0.5, 0.6) is 0 Å². The maximum absolute atomic E-state index is 18.2. The Kier molecular flexibility index (Phi) is 19.1. The summed E-state index contributed by atoms with van der Waals surface area (Å²) in [5, 5.41) is 0. The van der Waals surface area contributed by atoms with Crippen molar-refractivity contribution in [3.8, 4) is 0 Å². The van der Waals surface area contributed by atoms with Crippen molar-refractivity contribution in [3.63, 3.8) is 0 Å². The molecule has 0 N–H and O–H groups in total. The van der Waals surface area contributed by atoms with Crippen LogP contribution in [0, 0.1) is 23.3 Å². The Balaban J connectivity index is 1.49. The summed E-state index contributed by atoms with van der Waals surface area (Å²) >= 11 is -5.47. The van der Waals surface area contributed by atoms with Gasteiger partial charge in [0, 0.05) is 0 Å². The summed E-state index contributed by atoms with van der Waals surface area (Å²) in [4.78, 5) is 31.1. The van der Waals surface area contributed by atoms with Gasteiger partial charge < -0.3 is 0 Å². The first-order chi connectivity index (χ1) is 31.7. The topological polar surface area (TPSA) is 77.5 Å². The number of anilines is 2. The number of halogens is 4. The molecule has 4 aromatic carbocycles. The van der Waals surface area contributed by atoms with E-state index in [1.165, 1.54) is 21.9 Å². The van der Waals surface area contributed by atoms with Crippen LogP contribution in [-0.4, -0.2) is 77.8 Å². The molecule has 344 valence electrons. The summed E-state index contributed by atoms with van der Waals surface area (Å²) in [6.45, 7) is 6.15. The normalized spacial score (nSPS) is 13.3. The van der Waals surface area contributed by atoms with Gasteiger partial charge in [-0.3, -0.25) is 0 Å². The van der Waals surface area contributed by atoms with Crippen LogP contribution in [0.1, 0.15) is 73.1 Å². The number of allylic oxidation sites excluding steroid dienone is 8. The Bertz CT molecular complexity index is 2180. The van der Waals surface area contributed by atoms with Crippen molar-refractivity contribution in [2.24, 2.45) is 0 Å². The van der Waals surface area contributed by atoms with Crippen LogP contribution in [-0.2, 0) is 35.5 Å². The van der Waals surface area contributed by atoms with Gasteiger partial charge in [0.2, 0.25) is 0 Å². The Morgan fingerprint density at radius 3 is 1.26 bits per heavy atom. The van der Waals surface area contributed by atoms with Crippen molar-refractivity contribution < 1.29 is 62.7 Å². The van der Waals surface area contributed by atoms with Gasteiger partial charge >= 0.3 is 359 Å². The SMILES string of the molecule is CCCCOCCOCCN(C(=O)c1ccccc1)c1ccc(F)[c]([Ti]([C]2=CC=CC2)([C]2=CC=CC2)[c]2c(F)ccc(N(CCOCCOCCCC)C(=O)c3ccccc3)c2F)c1F. The first-order valence-electron chi connectivity index (χ1n) is 22.5. The fourth-order valence-electron chi connectivity index (χ4n) is 8.20. The average molecular weight is 931 g/mol. The number of unbranched alkanes of at least 4 members (excludes halogenated alkanes) is 2. The van der Waals surface area contributed by atoms with E-state index < -0.39 is 59.4 Å². The van der Waals surface area contributed by atoms with Crippen LogP contribution in [0.3, 0.4) is 0 Å². The second kappa shape index (κ2) is 25.1. The summed E-state index contributed by atoms with van der Waals surface area (Å²) < 4.78 is 93.8. The molecule has 6 rings (SSSR count). The zero-order valence-corrected chi connectivity index (χ0v) is 38.8. The fourth-order valence-corrected chi connectivity index (χ4v) is 16.4. The molecule has 0 saturated carbocycles. The number of hydrogen-bond donors (Lipinski definition) is 0. The molecule has 2 aliphatic carbocycles. The van der Waals surface area contributed by atoms with Gasteiger partial charge in [0.25, 0.3) is 0 Å². The van der Waals surface area contributed by atoms with Crippen LogP contribution in [0.15, 0.2) is 129 Å². The van der Waals surface area contributed by atoms with E-state index >= 15 is 17.6 Å². The van der Waals surface area contributed by atoms with Crippen LogP contribution >= 0.6 is 0 Å². The Hall–Kier alpha value is -4.95. The van der Waals surface area contributed by atoms with E-state index in [0.29, 0.717) is 34.2 Å². The van der Waals surface area contributed by atoms with E-state index in [1.54, 1.807) is 97.1 Å². The summed E-state index contributed by atoms with van der Waals surface area (Å²) in [7, 11) is 0. The van der Waals surface area contributed by atoms with Gasteiger partial charge in [0.1, 0.15) is 0 Å². The molecule has 0 heterocycles. The Morgan fingerprint density at radius 2 is 0.908 bits per heavy atom. The molecular weight excluding hydrogens is 872 g/mol. The van der Waals surface area contributed by atoms with Gasteiger partial charge in [-0.05, 0) is 0 Å². The van der Waals surface area contributed by atoms with E-state index in [-0.39, 0.29) is 74.9 Å². The van der Waals surface area contributed by atoms with Crippen LogP contribution < -0.4 is 17.5 Å². The molecule has 0 aliphatic heterocycles. The molecule has 0 saturated heterocycles. The quantitative estimate of drug-likeness (QED) is 0.0355. The number of amides is 2. The Labute approximate surface area is 383 Å². The number of carbonyl (C=O) groups is 2. The van der Waals surface area contributed by atoms with Gasteiger partial charge in [-0.2, -0.15) is 0 Å². The first-order valence-corrected chi connectivity index (χ1v) is 25.6. The van der Waals surface area contributed by atoms with Crippen molar-refractivity contribution >= 4 is 30.9 Å². The molecule has 2 aliphatic rings. The van der Waals surface area contributed by atoms with Crippen molar-refractivity contribution in [2.75, 3.05) is 75.7 Å². The Morgan fingerprint density at radius 1 is 0.523 bits per heavy atom. The minimum atomic E-state index is -5.47. The third-order valence-electron chi connectivity index (χ3n) is 11.5. The first kappa shape index (κ1) is 49.5. The summed E-state index contributed by atoms with van der Waals surface area (Å²) in [5.41, 5.74) is -0.0284. The predicted octanol–water partition coefficient (Wildman–Crippen LogP) is 10.00. The molecular formula is C52H58F4N2O6Ti. The van der Waals surface area contributed by atoms with Gasteiger partial charge in [0.05, 0.1) is 0 Å². The van der Waals surface area contributed by atoms with E-state index in [2.05, 4.69) is 13.8 Å². The number of benzene rings is 4. The number of carbonyl (C=O) groups excluding carboxylic acids is 2. The van der Waals surface area contributed by atoms with Crippen molar-refractivity contribution in [1.82, 2.24) is 0 Å². The molecule has 65 heavy (non-hydrogen) atoms. The van der Waals surface area contributed by atoms with Crippen LogP contribution in [0.4, 0.5) is 28.9 Å². The molecule has 0 atom stereocenters. The standard InChI is InChI=1S/2C21H24F2NO3.2C5H5.Ti/c2*1-2-3-12-26-14-15-27-13-11-24(20-10-9-18(22)16-19(20)23)21(25)17-7-5-4-6-8-17;2*1-2-4-5-3-1;/h2*4-10H,2-3,11-15H2,1H3;2*1-3H,4H2;. The average Bonchev–Trinajstić information content (AvgIpc) is 4.08. The monoisotopic (exact) mass is 930 g/mol. The molecule has 0 radical (unpaired) electrons. The van der Waals surface area contributed by atoms with E-state index in [4.69, 9.17) is 18.9 Å². The van der Waals surface area contributed by atoms with Crippen LogP contribution in [0.2, 0.25) is 0 Å². The van der Waals surface area contributed by atoms with Gasteiger partial charge in [-0.15, -0.1) is 0 Å². The number of rotatable bonds is 26. The number of nitrogens with zero attached hydrogens (tertiary/aromatic N) is 2. The van der Waals surface area contributed by atoms with Crippen LogP contribution in [0.25, 0.3) is 0 Å². The second-order valence-electron chi connectivity index (χ2n) is 15.7. The fraction of sp³-hybridized carbons (Fsp3) is 0.346. The molecule has 0 aromatic heterocycles. The number of hydrogen-bond acceptors (Lipinski definition) is 6. The second-order valence-corrected chi connectivity index (χ2v) is 21.6. The summed E-state index contributed by atoms with van der Waals surface area (Å²) in [6, 6.07) is 21.1. The predicted molar refractivity (Wildman–Crippen MR) is 245 cm³/mol. The molecule has 4 aromatic rings. The van der Waals surface area contributed by atoms with Crippen molar-refractivity contribution in [3.05, 3.63) is 164 Å². The number of ether oxygens (including phenoxy) is 4. The van der Waals surface area contributed by atoms with Crippen molar-refractivity contribution in [2.45, 2.75) is 52.4 Å². The molecule has 0 fully saturated rings. The van der Waals surface area contributed by atoms with Crippen molar-refractivity contribution in [1.29, 1.82) is 0 Å². The van der Waals surface area contributed by atoms with Gasteiger partial charge in [-0.25, -0.2) is 0 Å². The van der Waals surface area contributed by atoms with Gasteiger partial charge in [-0.1, -0.05) is 26.7 Å².